The molecule has 0 spiro atoms. The first kappa shape index (κ1) is 15.5. The van der Waals surface area contributed by atoms with Crippen LogP contribution in [0.4, 0.5) is 4.39 Å². The number of hydrogen-bond donors (Lipinski definition) is 1. The van der Waals surface area contributed by atoms with Crippen LogP contribution in [-0.4, -0.2) is 12.6 Å². The van der Waals surface area contributed by atoms with E-state index in [9.17, 15) is 4.39 Å². The molecule has 1 nitrogen and oxygen atoms in total. The van der Waals surface area contributed by atoms with Gasteiger partial charge in [-0.15, -0.1) is 0 Å². The summed E-state index contributed by atoms with van der Waals surface area (Å²) in [6.45, 7) is 5.36. The Bertz CT molecular complexity index is 348. The molecule has 1 atom stereocenters. The summed E-state index contributed by atoms with van der Waals surface area (Å²) in [4.78, 5) is 0. The summed E-state index contributed by atoms with van der Waals surface area (Å²) in [5.41, 5.74) is 1.03. The summed E-state index contributed by atoms with van der Waals surface area (Å²) in [5, 5.41) is 3.70. The van der Waals surface area contributed by atoms with Crippen molar-refractivity contribution in [3.63, 3.8) is 0 Å². The Balaban J connectivity index is 2.37. The molecule has 0 amide bonds. The molecular weight excluding hydrogens is 249 g/mol. The molecule has 0 saturated heterocycles. The van der Waals surface area contributed by atoms with Gasteiger partial charge in [-0.25, -0.2) is 4.39 Å². The Morgan fingerprint density at radius 2 is 2.06 bits per heavy atom. The minimum Gasteiger partial charge on any atom is -0.314 e. The van der Waals surface area contributed by atoms with Gasteiger partial charge in [-0.05, 0) is 49.9 Å². The molecule has 0 aliphatic carbocycles. The number of aryl methyl sites for hydroxylation is 1. The second-order valence-corrected chi connectivity index (χ2v) is 5.09. The first-order valence-corrected chi connectivity index (χ1v) is 7.22. The summed E-state index contributed by atoms with van der Waals surface area (Å²) in [7, 11) is 0. The van der Waals surface area contributed by atoms with E-state index < -0.39 is 0 Å². The van der Waals surface area contributed by atoms with E-state index in [1.54, 1.807) is 12.1 Å². The van der Waals surface area contributed by atoms with Crippen molar-refractivity contribution in [2.24, 2.45) is 0 Å². The maximum absolute atomic E-state index is 13.3. The summed E-state index contributed by atoms with van der Waals surface area (Å²) < 4.78 is 13.3. The maximum atomic E-state index is 13.3. The minimum atomic E-state index is -0.314. The van der Waals surface area contributed by atoms with Gasteiger partial charge < -0.3 is 5.32 Å². The highest BCUT2D eigenvalue weighted by Crippen LogP contribution is 2.17. The smallest absolute Gasteiger partial charge is 0.142 e. The number of hydrogen-bond acceptors (Lipinski definition) is 1. The van der Waals surface area contributed by atoms with E-state index in [1.807, 2.05) is 6.07 Å². The Morgan fingerprint density at radius 1 is 1.28 bits per heavy atom. The molecule has 1 aromatic rings. The second-order valence-electron chi connectivity index (χ2n) is 4.68. The van der Waals surface area contributed by atoms with Crippen molar-refractivity contribution in [2.75, 3.05) is 6.54 Å². The van der Waals surface area contributed by atoms with E-state index in [4.69, 9.17) is 11.6 Å². The quantitative estimate of drug-likeness (QED) is 0.730. The SMILES string of the molecule is CCCC(CCCc1ccc(Cl)c(F)c1)NCC. The summed E-state index contributed by atoms with van der Waals surface area (Å²) in [6, 6.07) is 5.69. The van der Waals surface area contributed by atoms with Gasteiger partial charge >= 0.3 is 0 Å². The summed E-state index contributed by atoms with van der Waals surface area (Å²) >= 11 is 5.66. The monoisotopic (exact) mass is 271 g/mol. The first-order valence-electron chi connectivity index (χ1n) is 6.84. The van der Waals surface area contributed by atoms with Crippen LogP contribution in [-0.2, 0) is 6.42 Å². The van der Waals surface area contributed by atoms with Crippen molar-refractivity contribution in [1.29, 1.82) is 0 Å². The van der Waals surface area contributed by atoms with Crippen LogP contribution in [0.3, 0.4) is 0 Å². The summed E-state index contributed by atoms with van der Waals surface area (Å²) in [5.74, 6) is -0.314. The maximum Gasteiger partial charge on any atom is 0.142 e. The van der Waals surface area contributed by atoms with Crippen LogP contribution >= 0.6 is 11.6 Å². The third kappa shape index (κ3) is 5.36. The third-order valence-electron chi connectivity index (χ3n) is 3.13. The Kier molecular flexibility index (Phi) is 7.29. The van der Waals surface area contributed by atoms with Gasteiger partial charge in [0.25, 0.3) is 0 Å². The van der Waals surface area contributed by atoms with Crippen molar-refractivity contribution in [3.05, 3.63) is 34.6 Å². The fourth-order valence-corrected chi connectivity index (χ4v) is 2.35. The van der Waals surface area contributed by atoms with Crippen LogP contribution in [0.5, 0.6) is 0 Å². The van der Waals surface area contributed by atoms with Crippen LogP contribution in [0.15, 0.2) is 18.2 Å². The van der Waals surface area contributed by atoms with Gasteiger partial charge in [-0.3, -0.25) is 0 Å². The molecule has 18 heavy (non-hydrogen) atoms. The van der Waals surface area contributed by atoms with Crippen molar-refractivity contribution in [1.82, 2.24) is 5.32 Å². The molecule has 0 aliphatic heterocycles. The fraction of sp³-hybridized carbons (Fsp3) is 0.600. The Labute approximate surface area is 115 Å². The van der Waals surface area contributed by atoms with Crippen LogP contribution < -0.4 is 5.32 Å². The van der Waals surface area contributed by atoms with Gasteiger partial charge in [-0.1, -0.05) is 37.9 Å². The average molecular weight is 272 g/mol. The van der Waals surface area contributed by atoms with E-state index in [1.165, 1.54) is 12.8 Å². The van der Waals surface area contributed by atoms with E-state index in [0.29, 0.717) is 6.04 Å². The van der Waals surface area contributed by atoms with Gasteiger partial charge in [0.2, 0.25) is 0 Å². The lowest BCUT2D eigenvalue weighted by atomic mass is 10.0. The number of nitrogens with one attached hydrogen (secondary N) is 1. The standard InChI is InChI=1S/C15H23ClFN/c1-3-6-13(18-4-2)8-5-7-12-9-10-14(16)15(17)11-12/h9-11,13,18H,3-8H2,1-2H3. The average Bonchev–Trinajstić information content (AvgIpc) is 2.34. The zero-order valence-electron chi connectivity index (χ0n) is 11.3. The molecule has 0 saturated carbocycles. The van der Waals surface area contributed by atoms with Gasteiger partial charge in [0.1, 0.15) is 5.82 Å². The molecule has 102 valence electrons. The van der Waals surface area contributed by atoms with Gasteiger partial charge in [0.15, 0.2) is 0 Å². The van der Waals surface area contributed by atoms with Crippen LogP contribution in [0.2, 0.25) is 5.02 Å². The molecule has 0 fully saturated rings. The lowest BCUT2D eigenvalue weighted by Crippen LogP contribution is -2.28. The Morgan fingerprint density at radius 3 is 2.67 bits per heavy atom. The second kappa shape index (κ2) is 8.49. The molecule has 0 heterocycles. The molecule has 0 radical (unpaired) electrons. The molecule has 1 rings (SSSR count). The molecule has 0 aliphatic rings. The van der Waals surface area contributed by atoms with E-state index in [0.717, 1.165) is 31.4 Å². The molecule has 0 bridgehead atoms. The lowest BCUT2D eigenvalue weighted by molar-refractivity contribution is 0.447. The van der Waals surface area contributed by atoms with E-state index in [2.05, 4.69) is 19.2 Å². The molecule has 3 heteroatoms. The molecule has 0 aromatic heterocycles. The normalized spacial score (nSPS) is 12.7. The predicted octanol–water partition coefficient (Wildman–Crippen LogP) is 4.58. The number of benzene rings is 1. The van der Waals surface area contributed by atoms with Crippen molar-refractivity contribution in [2.45, 2.75) is 52.0 Å². The van der Waals surface area contributed by atoms with Crippen LogP contribution in [0.1, 0.15) is 45.1 Å². The zero-order chi connectivity index (χ0) is 13.4. The van der Waals surface area contributed by atoms with Gasteiger partial charge in [-0.2, -0.15) is 0 Å². The first-order chi connectivity index (χ1) is 8.67. The molecule has 1 aromatic carbocycles. The van der Waals surface area contributed by atoms with Gasteiger partial charge in [0.05, 0.1) is 5.02 Å². The number of rotatable bonds is 8. The summed E-state index contributed by atoms with van der Waals surface area (Å²) in [6.07, 6.45) is 5.56. The van der Waals surface area contributed by atoms with E-state index >= 15 is 0 Å². The van der Waals surface area contributed by atoms with Crippen LogP contribution in [0.25, 0.3) is 0 Å². The molecule has 1 unspecified atom stereocenters. The van der Waals surface area contributed by atoms with Crippen molar-refractivity contribution >= 4 is 11.6 Å². The number of halogens is 2. The lowest BCUT2D eigenvalue weighted by Gasteiger charge is -2.16. The predicted molar refractivity (Wildman–Crippen MR) is 76.7 cm³/mol. The minimum absolute atomic E-state index is 0.204. The highest BCUT2D eigenvalue weighted by Gasteiger charge is 2.06. The van der Waals surface area contributed by atoms with E-state index in [-0.39, 0.29) is 10.8 Å². The topological polar surface area (TPSA) is 12.0 Å². The highest BCUT2D eigenvalue weighted by atomic mass is 35.5. The largest absolute Gasteiger partial charge is 0.314 e. The molecular formula is C15H23ClFN. The third-order valence-corrected chi connectivity index (χ3v) is 3.44. The van der Waals surface area contributed by atoms with Crippen molar-refractivity contribution in [3.8, 4) is 0 Å². The molecule has 1 N–H and O–H groups in total. The fourth-order valence-electron chi connectivity index (χ4n) is 2.23. The Hall–Kier alpha value is -0.600. The highest BCUT2D eigenvalue weighted by molar-refractivity contribution is 6.30. The zero-order valence-corrected chi connectivity index (χ0v) is 12.1. The van der Waals surface area contributed by atoms with Crippen LogP contribution in [0, 0.1) is 5.82 Å². The van der Waals surface area contributed by atoms with Crippen molar-refractivity contribution < 1.29 is 4.39 Å². The van der Waals surface area contributed by atoms with Gasteiger partial charge in [0, 0.05) is 6.04 Å².